The highest BCUT2D eigenvalue weighted by Crippen LogP contribution is 2.48. The number of ether oxygens (including phenoxy) is 1. The van der Waals surface area contributed by atoms with Crippen LogP contribution in [0.25, 0.3) is 0 Å². The molecule has 3 rings (SSSR count). The first-order valence-electron chi connectivity index (χ1n) is 7.93. The normalized spacial score (nSPS) is 41.9. The molecule has 0 aromatic rings. The predicted octanol–water partition coefficient (Wildman–Crippen LogP) is 2.35. The molecule has 0 N–H and O–H groups in total. The van der Waals surface area contributed by atoms with Gasteiger partial charge in [-0.05, 0) is 56.9 Å². The fourth-order valence-corrected chi connectivity index (χ4v) is 4.73. The number of carbonyl (C=O) groups excluding carboxylic acids is 1. The molecule has 2 aliphatic carbocycles. The van der Waals surface area contributed by atoms with Crippen molar-refractivity contribution < 1.29 is 9.53 Å². The van der Waals surface area contributed by atoms with Crippen molar-refractivity contribution in [1.29, 1.82) is 0 Å². The lowest BCUT2D eigenvalue weighted by atomic mass is 9.83. The third kappa shape index (κ3) is 2.87. The largest absolute Gasteiger partial charge is 0.380 e. The number of hydrogen-bond donors (Lipinski definition) is 0. The summed E-state index contributed by atoms with van der Waals surface area (Å²) in [6.07, 6.45) is 9.00. The van der Waals surface area contributed by atoms with Crippen molar-refractivity contribution >= 4 is 6.29 Å². The number of fused-ring (bicyclic) bond motifs is 2. The third-order valence-electron chi connectivity index (χ3n) is 5.62. The Balaban J connectivity index is 1.52. The second-order valence-electron chi connectivity index (χ2n) is 7.27. The highest BCUT2D eigenvalue weighted by Gasteiger charge is 2.41. The van der Waals surface area contributed by atoms with Crippen LogP contribution in [0.15, 0.2) is 0 Å². The monoisotopic (exact) mass is 265 g/mol. The average Bonchev–Trinajstić information content (AvgIpc) is 3.02. The zero-order valence-corrected chi connectivity index (χ0v) is 12.1. The molecule has 3 nitrogen and oxygen atoms in total. The highest BCUT2D eigenvalue weighted by molar-refractivity contribution is 5.60. The summed E-state index contributed by atoms with van der Waals surface area (Å²) in [4.78, 5) is 13.9. The van der Waals surface area contributed by atoms with Crippen LogP contribution in [0, 0.1) is 23.2 Å². The van der Waals surface area contributed by atoms with Crippen LogP contribution < -0.4 is 0 Å². The van der Waals surface area contributed by atoms with Gasteiger partial charge in [0.1, 0.15) is 6.29 Å². The van der Waals surface area contributed by atoms with Crippen molar-refractivity contribution in [2.75, 3.05) is 33.4 Å². The predicted molar refractivity (Wildman–Crippen MR) is 75.0 cm³/mol. The van der Waals surface area contributed by atoms with E-state index in [0.29, 0.717) is 6.61 Å². The molecule has 0 aromatic heterocycles. The Bertz CT molecular complexity index is 325. The van der Waals surface area contributed by atoms with Crippen molar-refractivity contribution in [3.63, 3.8) is 0 Å². The molecule has 0 aromatic carbocycles. The van der Waals surface area contributed by atoms with Gasteiger partial charge in [0, 0.05) is 19.7 Å². The number of nitrogens with zero attached hydrogens (tertiary/aromatic N) is 1. The van der Waals surface area contributed by atoms with Gasteiger partial charge in [0.25, 0.3) is 0 Å². The molecule has 3 heteroatoms. The smallest absolute Gasteiger partial charge is 0.129 e. The summed E-state index contributed by atoms with van der Waals surface area (Å²) >= 11 is 0. The Labute approximate surface area is 116 Å². The molecule has 3 aliphatic rings. The molecule has 0 spiro atoms. The van der Waals surface area contributed by atoms with Crippen molar-refractivity contribution in [2.45, 2.75) is 38.5 Å². The number of carbonyl (C=O) groups is 1. The molecular formula is C16H27NO2. The Morgan fingerprint density at radius 3 is 2.84 bits per heavy atom. The molecule has 0 radical (unpaired) electrons. The lowest BCUT2D eigenvalue weighted by Crippen LogP contribution is -2.44. The standard InChI is InChI=1S/C16H27NO2/c1-17(9-15-8-13-3-4-14(15)7-13)10-16(11-18)5-2-6-19-12-16/h11,13-15H,2-10,12H2,1H3. The molecule has 1 heterocycles. The topological polar surface area (TPSA) is 29.5 Å². The van der Waals surface area contributed by atoms with Gasteiger partial charge in [-0.1, -0.05) is 6.42 Å². The minimum atomic E-state index is -0.232. The van der Waals surface area contributed by atoms with E-state index in [1.165, 1.54) is 32.2 Å². The van der Waals surface area contributed by atoms with Crippen LogP contribution >= 0.6 is 0 Å². The van der Waals surface area contributed by atoms with Gasteiger partial charge < -0.3 is 14.4 Å². The third-order valence-corrected chi connectivity index (χ3v) is 5.62. The van der Waals surface area contributed by atoms with Crippen LogP contribution in [0.4, 0.5) is 0 Å². The average molecular weight is 265 g/mol. The zero-order valence-electron chi connectivity index (χ0n) is 12.1. The second-order valence-corrected chi connectivity index (χ2v) is 7.27. The van der Waals surface area contributed by atoms with Crippen molar-refractivity contribution in [3.05, 3.63) is 0 Å². The van der Waals surface area contributed by atoms with Crippen LogP contribution in [0.3, 0.4) is 0 Å². The number of hydrogen-bond acceptors (Lipinski definition) is 3. The van der Waals surface area contributed by atoms with Crippen LogP contribution in [-0.4, -0.2) is 44.5 Å². The highest BCUT2D eigenvalue weighted by atomic mass is 16.5. The molecular weight excluding hydrogens is 238 g/mol. The maximum Gasteiger partial charge on any atom is 0.129 e. The summed E-state index contributed by atoms with van der Waals surface area (Å²) in [5.41, 5.74) is -0.232. The molecule has 2 saturated carbocycles. The van der Waals surface area contributed by atoms with Gasteiger partial charge in [-0.2, -0.15) is 0 Å². The van der Waals surface area contributed by atoms with Gasteiger partial charge in [0.15, 0.2) is 0 Å². The summed E-state index contributed by atoms with van der Waals surface area (Å²) < 4.78 is 5.54. The Kier molecular flexibility index (Phi) is 3.95. The maximum atomic E-state index is 11.5. The van der Waals surface area contributed by atoms with Gasteiger partial charge in [-0.3, -0.25) is 0 Å². The van der Waals surface area contributed by atoms with E-state index in [0.717, 1.165) is 50.0 Å². The van der Waals surface area contributed by atoms with Crippen LogP contribution in [-0.2, 0) is 9.53 Å². The van der Waals surface area contributed by atoms with E-state index in [4.69, 9.17) is 4.74 Å². The molecule has 3 fully saturated rings. The first-order valence-corrected chi connectivity index (χ1v) is 7.93. The van der Waals surface area contributed by atoms with E-state index in [9.17, 15) is 4.79 Å². The van der Waals surface area contributed by atoms with E-state index in [2.05, 4.69) is 11.9 Å². The van der Waals surface area contributed by atoms with Crippen molar-refractivity contribution in [2.24, 2.45) is 23.2 Å². The lowest BCUT2D eigenvalue weighted by molar-refractivity contribution is -0.125. The molecule has 4 unspecified atom stereocenters. The van der Waals surface area contributed by atoms with Crippen LogP contribution in [0.5, 0.6) is 0 Å². The van der Waals surface area contributed by atoms with Gasteiger partial charge in [-0.15, -0.1) is 0 Å². The number of aldehydes is 1. The van der Waals surface area contributed by atoms with Gasteiger partial charge >= 0.3 is 0 Å². The van der Waals surface area contributed by atoms with Gasteiger partial charge in [-0.25, -0.2) is 0 Å². The van der Waals surface area contributed by atoms with Crippen molar-refractivity contribution in [1.82, 2.24) is 4.90 Å². The summed E-state index contributed by atoms with van der Waals surface area (Å²) in [6, 6.07) is 0. The maximum absolute atomic E-state index is 11.5. The van der Waals surface area contributed by atoms with E-state index in [1.54, 1.807) is 0 Å². The minimum absolute atomic E-state index is 0.232. The van der Waals surface area contributed by atoms with Crippen molar-refractivity contribution in [3.8, 4) is 0 Å². The summed E-state index contributed by atoms with van der Waals surface area (Å²) in [5.74, 6) is 2.88. The Morgan fingerprint density at radius 1 is 1.37 bits per heavy atom. The summed E-state index contributed by atoms with van der Waals surface area (Å²) in [5, 5.41) is 0. The van der Waals surface area contributed by atoms with Crippen LogP contribution in [0.1, 0.15) is 38.5 Å². The Hall–Kier alpha value is -0.410. The van der Waals surface area contributed by atoms with Gasteiger partial charge in [0.05, 0.1) is 12.0 Å². The first-order chi connectivity index (χ1) is 9.21. The number of rotatable bonds is 5. The molecule has 4 atom stereocenters. The molecule has 19 heavy (non-hydrogen) atoms. The van der Waals surface area contributed by atoms with Crippen LogP contribution in [0.2, 0.25) is 0 Å². The second kappa shape index (κ2) is 5.53. The van der Waals surface area contributed by atoms with Gasteiger partial charge in [0.2, 0.25) is 0 Å². The molecule has 0 amide bonds. The van der Waals surface area contributed by atoms with E-state index >= 15 is 0 Å². The van der Waals surface area contributed by atoms with E-state index in [-0.39, 0.29) is 5.41 Å². The first kappa shape index (κ1) is 13.6. The zero-order chi connectivity index (χ0) is 13.3. The fourth-order valence-electron chi connectivity index (χ4n) is 4.73. The Morgan fingerprint density at radius 2 is 2.26 bits per heavy atom. The SMILES string of the molecule is CN(CC1CC2CCC1C2)CC1(C=O)CCCOC1. The lowest BCUT2D eigenvalue weighted by Gasteiger charge is -2.37. The minimum Gasteiger partial charge on any atom is -0.380 e. The molecule has 1 aliphatic heterocycles. The molecule has 2 bridgehead atoms. The molecule has 1 saturated heterocycles. The molecule has 108 valence electrons. The fraction of sp³-hybridized carbons (Fsp3) is 0.938. The summed E-state index contributed by atoms with van der Waals surface area (Å²) in [7, 11) is 2.19. The van der Waals surface area contributed by atoms with E-state index in [1.807, 2.05) is 0 Å². The quantitative estimate of drug-likeness (QED) is 0.715. The summed E-state index contributed by atoms with van der Waals surface area (Å²) in [6.45, 7) is 3.50. The van der Waals surface area contributed by atoms with E-state index < -0.39 is 0 Å².